The van der Waals surface area contributed by atoms with Crippen molar-refractivity contribution in [2.24, 2.45) is 0 Å². The SMILES string of the molecule is CC(C)(C)N(c1ccc(Oc2ccc(Br)cn2)cc1)S(=O)[O-]. The topological polar surface area (TPSA) is 65.5 Å². The molecule has 7 heteroatoms. The molecule has 0 radical (unpaired) electrons. The number of pyridine rings is 1. The number of hydrogen-bond acceptors (Lipinski definition) is 4. The van der Waals surface area contributed by atoms with Gasteiger partial charge in [-0.2, -0.15) is 0 Å². The van der Waals surface area contributed by atoms with E-state index in [-0.39, 0.29) is 0 Å². The number of nitrogens with zero attached hydrogens (tertiary/aromatic N) is 2. The molecule has 0 fully saturated rings. The van der Waals surface area contributed by atoms with Gasteiger partial charge in [0.1, 0.15) is 5.75 Å². The smallest absolute Gasteiger partial charge is 0.219 e. The van der Waals surface area contributed by atoms with Crippen molar-refractivity contribution in [2.75, 3.05) is 4.31 Å². The molecule has 5 nitrogen and oxygen atoms in total. The summed E-state index contributed by atoms with van der Waals surface area (Å²) in [5, 5.41) is 0. The minimum atomic E-state index is -2.35. The fourth-order valence-electron chi connectivity index (χ4n) is 1.89. The fraction of sp³-hybridized carbons (Fsp3) is 0.267. The van der Waals surface area contributed by atoms with E-state index in [1.54, 1.807) is 36.5 Å². The molecule has 0 saturated heterocycles. The van der Waals surface area contributed by atoms with Crippen LogP contribution in [0, 0.1) is 0 Å². The van der Waals surface area contributed by atoms with Crippen LogP contribution in [0.1, 0.15) is 20.8 Å². The van der Waals surface area contributed by atoms with Gasteiger partial charge in [0.15, 0.2) is 0 Å². The molecule has 0 aliphatic carbocycles. The van der Waals surface area contributed by atoms with E-state index in [1.807, 2.05) is 26.8 Å². The Labute approximate surface area is 140 Å². The minimum Gasteiger partial charge on any atom is -0.755 e. The van der Waals surface area contributed by atoms with Crippen LogP contribution in [0.3, 0.4) is 0 Å². The molecule has 2 rings (SSSR count). The van der Waals surface area contributed by atoms with Crippen LogP contribution < -0.4 is 9.04 Å². The third-order valence-corrected chi connectivity index (χ3v) is 4.28. The van der Waals surface area contributed by atoms with Gasteiger partial charge in [0.25, 0.3) is 0 Å². The van der Waals surface area contributed by atoms with Crippen molar-refractivity contribution in [2.45, 2.75) is 26.3 Å². The molecule has 1 unspecified atom stereocenters. The summed E-state index contributed by atoms with van der Waals surface area (Å²) in [5.41, 5.74) is 0.0411. The van der Waals surface area contributed by atoms with Gasteiger partial charge in [0.2, 0.25) is 5.88 Å². The Morgan fingerprint density at radius 3 is 2.27 bits per heavy atom. The summed E-state index contributed by atoms with van der Waals surface area (Å²) in [6.07, 6.45) is 1.64. The number of anilines is 1. The largest absolute Gasteiger partial charge is 0.755 e. The second-order valence-corrected chi connectivity index (χ2v) is 7.31. The Kier molecular flexibility index (Phi) is 5.20. The van der Waals surface area contributed by atoms with Crippen LogP contribution in [0.25, 0.3) is 0 Å². The zero-order valence-corrected chi connectivity index (χ0v) is 14.8. The third kappa shape index (κ3) is 4.28. The fourth-order valence-corrected chi connectivity index (χ4v) is 2.87. The summed E-state index contributed by atoms with van der Waals surface area (Å²) in [6.45, 7) is 5.50. The molecule has 0 N–H and O–H groups in total. The summed E-state index contributed by atoms with van der Waals surface area (Å²) in [5.74, 6) is 1.06. The molecule has 22 heavy (non-hydrogen) atoms. The maximum absolute atomic E-state index is 11.4. The first-order chi connectivity index (χ1) is 10.3. The molecular weight excluding hydrogens is 368 g/mol. The van der Waals surface area contributed by atoms with Crippen LogP contribution in [-0.4, -0.2) is 19.3 Å². The average Bonchev–Trinajstić information content (AvgIpc) is 2.41. The molecule has 1 aromatic heterocycles. The monoisotopic (exact) mass is 383 g/mol. The molecule has 0 saturated carbocycles. The van der Waals surface area contributed by atoms with Gasteiger partial charge in [-0.25, -0.2) is 4.98 Å². The van der Waals surface area contributed by atoms with Crippen LogP contribution in [-0.2, 0) is 11.3 Å². The summed E-state index contributed by atoms with van der Waals surface area (Å²) in [7, 11) is 0. The highest BCUT2D eigenvalue weighted by Crippen LogP contribution is 2.28. The van der Waals surface area contributed by atoms with E-state index in [0.717, 1.165) is 4.47 Å². The normalized spacial score (nSPS) is 12.8. The molecule has 0 spiro atoms. The third-order valence-electron chi connectivity index (χ3n) is 2.75. The van der Waals surface area contributed by atoms with E-state index < -0.39 is 16.8 Å². The van der Waals surface area contributed by atoms with Crippen LogP contribution in [0.2, 0.25) is 0 Å². The lowest BCUT2D eigenvalue weighted by molar-refractivity contribution is 0.462. The Hall–Kier alpha value is -1.44. The molecule has 118 valence electrons. The first-order valence-corrected chi connectivity index (χ1v) is 8.39. The maximum atomic E-state index is 11.4. The molecule has 0 amide bonds. The molecule has 2 aromatic rings. The molecule has 0 aliphatic rings. The Morgan fingerprint density at radius 2 is 1.82 bits per heavy atom. The van der Waals surface area contributed by atoms with Crippen LogP contribution in [0.5, 0.6) is 11.6 Å². The summed E-state index contributed by atoms with van der Waals surface area (Å²) in [6, 6.07) is 10.4. The van der Waals surface area contributed by atoms with Crippen molar-refractivity contribution in [3.05, 3.63) is 47.1 Å². The van der Waals surface area contributed by atoms with Crippen LogP contribution >= 0.6 is 15.9 Å². The van der Waals surface area contributed by atoms with Crippen molar-refractivity contribution in [3.63, 3.8) is 0 Å². The number of hydrogen-bond donors (Lipinski definition) is 0. The highest BCUT2D eigenvalue weighted by atomic mass is 79.9. The predicted octanol–water partition coefficient (Wildman–Crippen LogP) is 4.04. The Balaban J connectivity index is 2.19. The first kappa shape index (κ1) is 16.9. The van der Waals surface area contributed by atoms with Gasteiger partial charge >= 0.3 is 0 Å². The van der Waals surface area contributed by atoms with Crippen molar-refractivity contribution < 1.29 is 13.5 Å². The van der Waals surface area contributed by atoms with Crippen molar-refractivity contribution >= 4 is 32.9 Å². The van der Waals surface area contributed by atoms with Gasteiger partial charge in [-0.1, -0.05) is 0 Å². The van der Waals surface area contributed by atoms with E-state index >= 15 is 0 Å². The zero-order valence-electron chi connectivity index (χ0n) is 12.4. The number of benzene rings is 1. The molecular formula is C15H16BrN2O3S-. The van der Waals surface area contributed by atoms with E-state index in [0.29, 0.717) is 17.3 Å². The second-order valence-electron chi connectivity index (χ2n) is 5.59. The first-order valence-electron chi connectivity index (χ1n) is 6.56. The summed E-state index contributed by atoms with van der Waals surface area (Å²) < 4.78 is 30.7. The molecule has 0 aliphatic heterocycles. The van der Waals surface area contributed by atoms with Gasteiger partial charge < -0.3 is 9.29 Å². The molecule has 0 bridgehead atoms. The van der Waals surface area contributed by atoms with E-state index in [4.69, 9.17) is 4.74 Å². The van der Waals surface area contributed by atoms with Gasteiger partial charge in [0.05, 0.1) is 0 Å². The predicted molar refractivity (Wildman–Crippen MR) is 89.6 cm³/mol. The van der Waals surface area contributed by atoms with Crippen molar-refractivity contribution in [3.8, 4) is 11.6 Å². The van der Waals surface area contributed by atoms with E-state index in [9.17, 15) is 8.76 Å². The van der Waals surface area contributed by atoms with Gasteiger partial charge in [-0.15, -0.1) is 0 Å². The van der Waals surface area contributed by atoms with Crippen molar-refractivity contribution in [1.29, 1.82) is 0 Å². The minimum absolute atomic E-state index is 0.469. The number of rotatable bonds is 4. The molecule has 1 aromatic carbocycles. The van der Waals surface area contributed by atoms with Crippen molar-refractivity contribution in [1.82, 2.24) is 4.98 Å². The van der Waals surface area contributed by atoms with Crippen LogP contribution in [0.15, 0.2) is 47.1 Å². The molecule has 1 heterocycles. The molecule has 1 atom stereocenters. The number of ether oxygens (including phenoxy) is 1. The highest BCUT2D eigenvalue weighted by Gasteiger charge is 2.22. The van der Waals surface area contributed by atoms with E-state index in [2.05, 4.69) is 20.9 Å². The Bertz CT molecular complexity index is 654. The van der Waals surface area contributed by atoms with Crippen LogP contribution in [0.4, 0.5) is 5.69 Å². The van der Waals surface area contributed by atoms with Gasteiger partial charge in [-0.3, -0.25) is 8.51 Å². The Morgan fingerprint density at radius 1 is 1.18 bits per heavy atom. The lowest BCUT2D eigenvalue weighted by Crippen LogP contribution is -2.42. The van der Waals surface area contributed by atoms with Gasteiger partial charge in [0, 0.05) is 39.2 Å². The second kappa shape index (κ2) is 6.76. The zero-order chi connectivity index (χ0) is 16.3. The average molecular weight is 384 g/mol. The maximum Gasteiger partial charge on any atom is 0.219 e. The van der Waals surface area contributed by atoms with Gasteiger partial charge in [-0.05, 0) is 67.0 Å². The lowest BCUT2D eigenvalue weighted by Gasteiger charge is -2.38. The number of halogens is 1. The quantitative estimate of drug-likeness (QED) is 0.747. The summed E-state index contributed by atoms with van der Waals surface area (Å²) >= 11 is 0.960. The lowest BCUT2D eigenvalue weighted by atomic mass is 10.1. The standard InChI is InChI=1S/C15H17BrN2O3S/c1-15(2,3)18(22(19)20)12-5-7-13(8-6-12)21-14-9-4-11(16)10-17-14/h4-10H,1-3H3,(H,19,20)/p-1. The highest BCUT2D eigenvalue weighted by molar-refractivity contribution is 9.10. The van der Waals surface area contributed by atoms with E-state index in [1.165, 1.54) is 4.31 Å². The number of aromatic nitrogens is 1. The summed E-state index contributed by atoms with van der Waals surface area (Å²) in [4.78, 5) is 4.12.